The summed E-state index contributed by atoms with van der Waals surface area (Å²) in [4.78, 5) is 9.55. The van der Waals surface area contributed by atoms with Crippen LogP contribution in [0.4, 0.5) is 0 Å². The third kappa shape index (κ3) is 9.06. The van der Waals surface area contributed by atoms with Crippen molar-refractivity contribution in [1.82, 2.24) is 0 Å². The molecule has 0 aromatic carbocycles. The number of carboxylic acids is 1. The summed E-state index contributed by atoms with van der Waals surface area (Å²) >= 11 is 0. The van der Waals surface area contributed by atoms with Gasteiger partial charge >= 0.3 is 40.4 Å². The molecule has 0 rings (SSSR count). The molecule has 0 aromatic heterocycles. The second kappa shape index (κ2) is 6.44. The van der Waals surface area contributed by atoms with Gasteiger partial charge in [-0.2, -0.15) is 0 Å². The molecule has 0 saturated heterocycles. The van der Waals surface area contributed by atoms with Gasteiger partial charge in [-0.25, -0.2) is 0 Å². The molecule has 0 aromatic rings. The van der Waals surface area contributed by atoms with E-state index in [0.717, 1.165) is 0 Å². The van der Waals surface area contributed by atoms with E-state index in [1.807, 2.05) is 0 Å². The standard InChI is InChI=1S/C3H3O3P.H2O/c4-3(5)1-2-7-6;/h1H2,(H,4,5);1H2. The van der Waals surface area contributed by atoms with Crippen LogP contribution < -0.4 is 0 Å². The van der Waals surface area contributed by atoms with E-state index in [-0.39, 0.29) is 19.8 Å². The molecule has 0 heterocycles. The van der Waals surface area contributed by atoms with Gasteiger partial charge in [0.25, 0.3) is 0 Å². The Kier molecular flexibility index (Phi) is 8.39. The molecule has 3 N–H and O–H groups in total. The average molecular weight is 136 g/mol. The zero-order valence-electron chi connectivity index (χ0n) is 3.92. The average Bonchev–Trinajstić information content (AvgIpc) is 1.61. The molecule has 4 nitrogen and oxygen atoms in total. The second-order valence-corrected chi connectivity index (χ2v) is 1.32. The van der Waals surface area contributed by atoms with Crippen molar-refractivity contribution in [3.63, 3.8) is 0 Å². The molecule has 0 aliphatic rings. The van der Waals surface area contributed by atoms with E-state index < -0.39 is 5.97 Å². The van der Waals surface area contributed by atoms with Crippen LogP contribution in [-0.2, 0) is 9.36 Å². The molecule has 0 unspecified atom stereocenters. The van der Waals surface area contributed by atoms with Crippen molar-refractivity contribution in [1.29, 1.82) is 0 Å². The first-order valence-corrected chi connectivity index (χ1v) is 2.35. The summed E-state index contributed by atoms with van der Waals surface area (Å²) in [6, 6.07) is 0. The summed E-state index contributed by atoms with van der Waals surface area (Å²) in [6.07, 6.45) is -0.259. The van der Waals surface area contributed by atoms with E-state index in [0.29, 0.717) is 0 Å². The van der Waals surface area contributed by atoms with Gasteiger partial charge in [-0.15, -0.1) is 0 Å². The number of carbonyl (C=O) groups is 1. The van der Waals surface area contributed by atoms with Gasteiger partial charge in [-0.05, 0) is 0 Å². The van der Waals surface area contributed by atoms with Crippen molar-refractivity contribution >= 4 is 13.9 Å². The molecule has 8 heavy (non-hydrogen) atoms. The Labute approximate surface area is 46.9 Å². The maximum absolute atomic E-state index is 9.55. The van der Waals surface area contributed by atoms with E-state index in [1.54, 1.807) is 0 Å². The van der Waals surface area contributed by atoms with Gasteiger partial charge in [0.1, 0.15) is 0 Å². The second-order valence-electron chi connectivity index (χ2n) is 0.820. The summed E-state index contributed by atoms with van der Waals surface area (Å²) in [6.45, 7) is 0. The molecule has 0 amide bonds. The third-order valence-corrected chi connectivity index (χ3v) is 0.582. The molecule has 5 heteroatoms. The van der Waals surface area contributed by atoms with Crippen molar-refractivity contribution in [2.75, 3.05) is 0 Å². The molecule has 0 aliphatic heterocycles. The zero-order chi connectivity index (χ0) is 5.70. The van der Waals surface area contributed by atoms with Crippen molar-refractivity contribution < 1.29 is 19.9 Å². The summed E-state index contributed by atoms with van der Waals surface area (Å²) < 4.78 is 9.43. The topological polar surface area (TPSA) is 85.9 Å². The van der Waals surface area contributed by atoms with Crippen LogP contribution in [0, 0.1) is 5.63 Å². The molecule has 0 bridgehead atoms. The van der Waals surface area contributed by atoms with Crippen molar-refractivity contribution in [3.05, 3.63) is 0 Å². The number of rotatable bonds is 1. The van der Waals surface area contributed by atoms with Gasteiger partial charge in [-0.3, -0.25) is 0 Å². The van der Waals surface area contributed by atoms with Crippen LogP contribution in [0.2, 0.25) is 0 Å². The van der Waals surface area contributed by atoms with Gasteiger partial charge in [0.15, 0.2) is 0 Å². The van der Waals surface area contributed by atoms with Crippen LogP contribution in [0.15, 0.2) is 0 Å². The number of hydrogen-bond acceptors (Lipinski definition) is 2. The quantitative estimate of drug-likeness (QED) is 0.510. The molecule has 0 atom stereocenters. The Morgan fingerprint density at radius 2 is 2.25 bits per heavy atom. The Bertz CT molecular complexity index is 155. The summed E-state index contributed by atoms with van der Waals surface area (Å²) in [5, 5.41) is 7.84. The molecule has 0 saturated carbocycles. The Hall–Kier alpha value is -0.560. The Morgan fingerprint density at radius 3 is 2.38 bits per heavy atom. The fourth-order valence-corrected chi connectivity index (χ4v) is 0.300. The normalized spacial score (nSPS) is 6.00. The van der Waals surface area contributed by atoms with Crippen LogP contribution in [0.5, 0.6) is 0 Å². The van der Waals surface area contributed by atoms with Crippen molar-refractivity contribution in [2.24, 2.45) is 0 Å². The van der Waals surface area contributed by atoms with Crippen LogP contribution in [0.3, 0.4) is 0 Å². The van der Waals surface area contributed by atoms with Gasteiger partial charge in [0.05, 0.1) is 0 Å². The van der Waals surface area contributed by atoms with Crippen LogP contribution in [0.1, 0.15) is 6.42 Å². The minimum absolute atomic E-state index is 0. The van der Waals surface area contributed by atoms with Crippen LogP contribution in [0.25, 0.3) is 0 Å². The summed E-state index contributed by atoms with van der Waals surface area (Å²) in [7, 11) is -0.341. The fourth-order valence-electron chi connectivity index (χ4n) is 0.0999. The first kappa shape index (κ1) is 10.4. The molecular formula is C3H5O4P. The number of aliphatic carboxylic acids is 1. The molecule has 0 spiro atoms. The first-order chi connectivity index (χ1) is 3.27. The van der Waals surface area contributed by atoms with Crippen LogP contribution in [-0.4, -0.2) is 16.6 Å². The zero-order valence-corrected chi connectivity index (χ0v) is 4.81. The van der Waals surface area contributed by atoms with Gasteiger partial charge in [-0.1, -0.05) is 0 Å². The maximum atomic E-state index is 9.55. The molecular weight excluding hydrogens is 131 g/mol. The first-order valence-electron chi connectivity index (χ1n) is 1.54. The van der Waals surface area contributed by atoms with E-state index >= 15 is 0 Å². The van der Waals surface area contributed by atoms with E-state index in [1.165, 1.54) is 0 Å². The number of hydrogen-bond donors (Lipinski definition) is 1. The fraction of sp³-hybridized carbons (Fsp3) is 0.333. The van der Waals surface area contributed by atoms with Gasteiger partial charge in [0.2, 0.25) is 0 Å². The minimum atomic E-state index is -1.01. The molecule has 0 radical (unpaired) electrons. The molecule has 46 valence electrons. The third-order valence-electron chi connectivity index (χ3n) is 0.295. The predicted molar refractivity (Wildman–Crippen MR) is 27.4 cm³/mol. The van der Waals surface area contributed by atoms with Crippen LogP contribution >= 0.6 is 7.92 Å². The summed E-state index contributed by atoms with van der Waals surface area (Å²) in [5.74, 6) is -1.01. The van der Waals surface area contributed by atoms with Crippen molar-refractivity contribution in [3.8, 4) is 5.63 Å². The Balaban J connectivity index is 0. The predicted octanol–water partition coefficient (Wildman–Crippen LogP) is -0.113. The van der Waals surface area contributed by atoms with E-state index in [4.69, 9.17) is 5.11 Å². The monoisotopic (exact) mass is 136 g/mol. The Morgan fingerprint density at radius 1 is 1.75 bits per heavy atom. The molecule has 0 fully saturated rings. The van der Waals surface area contributed by atoms with E-state index in [9.17, 15) is 9.36 Å². The SMILES string of the molecule is O.O=P#CCC(=O)O. The van der Waals surface area contributed by atoms with Crippen molar-refractivity contribution in [2.45, 2.75) is 6.42 Å². The molecule has 0 aliphatic carbocycles. The van der Waals surface area contributed by atoms with E-state index in [2.05, 4.69) is 5.63 Å². The van der Waals surface area contributed by atoms with Gasteiger partial charge < -0.3 is 5.48 Å². The summed E-state index contributed by atoms with van der Waals surface area (Å²) in [5.41, 5.74) is 2.06. The number of carboxylic acid groups (broad SMARTS) is 1. The van der Waals surface area contributed by atoms with Gasteiger partial charge in [0, 0.05) is 0 Å².